The highest BCUT2D eigenvalue weighted by molar-refractivity contribution is 9.12. The van der Waals surface area contributed by atoms with Crippen molar-refractivity contribution in [3.05, 3.63) is 22.6 Å². The number of quaternary nitrogens is 1. The van der Waals surface area contributed by atoms with E-state index in [4.69, 9.17) is 5.11 Å². The van der Waals surface area contributed by atoms with Crippen LogP contribution in [0.3, 0.4) is 0 Å². The van der Waals surface area contributed by atoms with Crippen molar-refractivity contribution in [2.75, 3.05) is 6.67 Å². The number of nitrogens with one attached hydrogen (secondary N) is 1. The SMILES string of the molecule is O=C(O)C1=C[NH+]2CN(C(F)(F)F)C=C(Br)C2=N1. The number of fused-ring (bicyclic) bond motifs is 1. The van der Waals surface area contributed by atoms with Crippen LogP contribution in [0.2, 0.25) is 0 Å². The number of alkyl halides is 3. The minimum absolute atomic E-state index is 0.114. The van der Waals surface area contributed by atoms with Gasteiger partial charge in [-0.2, -0.15) is 4.99 Å². The molecule has 92 valence electrons. The molecule has 5 nitrogen and oxygen atoms in total. The molecular formula is C8H6BrF3N3O2+. The molecule has 0 bridgehead atoms. The minimum atomic E-state index is -4.50. The molecular weight excluding hydrogens is 307 g/mol. The highest BCUT2D eigenvalue weighted by atomic mass is 79.9. The standard InChI is InChI=1S/C8H5BrF3N3O2/c9-4-1-15(8(10,11)12)3-14-2-5(7(16)17)13-6(4)14/h1-2H,3H2,(H,16,17)/p+1. The van der Waals surface area contributed by atoms with E-state index in [9.17, 15) is 18.0 Å². The summed E-state index contributed by atoms with van der Waals surface area (Å²) in [6.07, 6.45) is -2.51. The maximum Gasteiger partial charge on any atom is 0.488 e. The summed E-state index contributed by atoms with van der Waals surface area (Å²) in [5.74, 6) is -1.03. The van der Waals surface area contributed by atoms with Gasteiger partial charge in [0.05, 0.1) is 0 Å². The first-order valence-electron chi connectivity index (χ1n) is 4.40. The predicted molar refractivity (Wildman–Crippen MR) is 53.9 cm³/mol. The Morgan fingerprint density at radius 2 is 2.24 bits per heavy atom. The first-order valence-corrected chi connectivity index (χ1v) is 5.19. The Balaban J connectivity index is 2.32. The molecule has 0 saturated heterocycles. The van der Waals surface area contributed by atoms with Crippen molar-refractivity contribution >= 4 is 27.7 Å². The lowest BCUT2D eigenvalue weighted by Crippen LogP contribution is -3.12. The number of carboxylic acid groups (broad SMARTS) is 1. The molecule has 0 aromatic carbocycles. The average molecular weight is 313 g/mol. The topological polar surface area (TPSA) is 57.3 Å². The van der Waals surface area contributed by atoms with Crippen molar-refractivity contribution in [3.8, 4) is 0 Å². The highest BCUT2D eigenvalue weighted by Gasteiger charge is 2.44. The van der Waals surface area contributed by atoms with Gasteiger partial charge in [0.2, 0.25) is 11.5 Å². The van der Waals surface area contributed by atoms with Gasteiger partial charge in [0, 0.05) is 6.20 Å². The van der Waals surface area contributed by atoms with Crippen LogP contribution in [-0.2, 0) is 4.79 Å². The summed E-state index contributed by atoms with van der Waals surface area (Å²) in [5.41, 5.74) is -0.260. The summed E-state index contributed by atoms with van der Waals surface area (Å²) in [4.78, 5) is 14.8. The van der Waals surface area contributed by atoms with Crippen molar-refractivity contribution in [3.63, 3.8) is 0 Å². The van der Waals surface area contributed by atoms with E-state index in [1.807, 2.05) is 0 Å². The van der Waals surface area contributed by atoms with Gasteiger partial charge < -0.3 is 5.11 Å². The third kappa shape index (κ3) is 2.20. The number of halogens is 4. The fourth-order valence-electron chi connectivity index (χ4n) is 1.48. The van der Waals surface area contributed by atoms with Crippen LogP contribution in [0.15, 0.2) is 27.6 Å². The van der Waals surface area contributed by atoms with Crippen LogP contribution in [0.5, 0.6) is 0 Å². The molecule has 0 aromatic heterocycles. The molecule has 2 rings (SSSR count). The zero-order valence-electron chi connectivity index (χ0n) is 8.12. The van der Waals surface area contributed by atoms with E-state index in [2.05, 4.69) is 20.9 Å². The monoisotopic (exact) mass is 312 g/mol. The second-order valence-corrected chi connectivity index (χ2v) is 4.25. The Hall–Kier alpha value is -1.35. The van der Waals surface area contributed by atoms with E-state index in [0.29, 0.717) is 0 Å². The van der Waals surface area contributed by atoms with Gasteiger partial charge in [-0.05, 0) is 15.9 Å². The Kier molecular flexibility index (Phi) is 2.74. The van der Waals surface area contributed by atoms with Crippen LogP contribution in [-0.4, -0.2) is 34.8 Å². The number of hydrogen-bond donors (Lipinski definition) is 2. The van der Waals surface area contributed by atoms with E-state index in [0.717, 1.165) is 12.4 Å². The number of aliphatic imine (C=N–C) groups is 1. The van der Waals surface area contributed by atoms with Gasteiger partial charge in [-0.15, -0.1) is 13.2 Å². The van der Waals surface area contributed by atoms with Crippen LogP contribution in [0.1, 0.15) is 0 Å². The molecule has 2 heterocycles. The molecule has 2 aliphatic heterocycles. The summed E-state index contributed by atoms with van der Waals surface area (Å²) < 4.78 is 37.6. The predicted octanol–water partition coefficient (Wildman–Crippen LogP) is 0.239. The lowest BCUT2D eigenvalue weighted by Gasteiger charge is -2.28. The van der Waals surface area contributed by atoms with Crippen LogP contribution in [0.25, 0.3) is 0 Å². The minimum Gasteiger partial charge on any atom is -0.476 e. The normalized spacial score (nSPS) is 23.9. The van der Waals surface area contributed by atoms with Gasteiger partial charge in [0.15, 0.2) is 6.67 Å². The van der Waals surface area contributed by atoms with Crippen LogP contribution in [0.4, 0.5) is 13.2 Å². The van der Waals surface area contributed by atoms with Crippen molar-refractivity contribution in [1.29, 1.82) is 0 Å². The number of carboxylic acids is 1. The maximum atomic E-state index is 12.5. The molecule has 1 atom stereocenters. The molecule has 0 amide bonds. The fraction of sp³-hybridized carbons (Fsp3) is 0.250. The second kappa shape index (κ2) is 3.84. The first-order chi connectivity index (χ1) is 7.79. The van der Waals surface area contributed by atoms with E-state index >= 15 is 0 Å². The number of carbonyl (C=O) groups is 1. The van der Waals surface area contributed by atoms with Gasteiger partial charge in [-0.25, -0.2) is 14.6 Å². The first kappa shape index (κ1) is 12.1. The number of rotatable bonds is 1. The quantitative estimate of drug-likeness (QED) is 0.682. The Labute approximate surface area is 102 Å². The van der Waals surface area contributed by atoms with E-state index in [1.54, 1.807) is 0 Å². The number of hydrogen-bond acceptors (Lipinski definition) is 3. The number of amidine groups is 1. The Morgan fingerprint density at radius 3 is 2.76 bits per heavy atom. The van der Waals surface area contributed by atoms with Gasteiger partial charge >= 0.3 is 12.3 Å². The smallest absolute Gasteiger partial charge is 0.476 e. The third-order valence-corrected chi connectivity index (χ3v) is 2.81. The summed E-state index contributed by atoms with van der Waals surface area (Å²) >= 11 is 2.95. The molecule has 17 heavy (non-hydrogen) atoms. The number of nitrogens with zero attached hydrogens (tertiary/aromatic N) is 2. The van der Waals surface area contributed by atoms with Crippen LogP contribution < -0.4 is 4.90 Å². The Morgan fingerprint density at radius 1 is 1.59 bits per heavy atom. The highest BCUT2D eigenvalue weighted by Crippen LogP contribution is 2.25. The Bertz CT molecular complexity index is 469. The molecule has 9 heteroatoms. The van der Waals surface area contributed by atoms with Crippen molar-refractivity contribution in [2.45, 2.75) is 6.30 Å². The molecule has 2 N–H and O–H groups in total. The molecule has 0 fully saturated rings. The van der Waals surface area contributed by atoms with Gasteiger partial charge in [-0.3, -0.25) is 0 Å². The average Bonchev–Trinajstić information content (AvgIpc) is 2.60. The van der Waals surface area contributed by atoms with Gasteiger partial charge in [0.1, 0.15) is 10.7 Å². The molecule has 0 saturated carbocycles. The van der Waals surface area contributed by atoms with Crippen molar-refractivity contribution in [2.24, 2.45) is 4.99 Å². The third-order valence-electron chi connectivity index (χ3n) is 2.23. The lowest BCUT2D eigenvalue weighted by atomic mass is 10.4. The van der Waals surface area contributed by atoms with Gasteiger partial charge in [0.25, 0.3) is 0 Å². The van der Waals surface area contributed by atoms with Crippen LogP contribution >= 0.6 is 15.9 Å². The summed E-state index contributed by atoms with van der Waals surface area (Å²) in [6, 6.07) is 0. The molecule has 1 unspecified atom stereocenters. The summed E-state index contributed by atoms with van der Waals surface area (Å²) in [7, 11) is 0. The molecule has 0 aromatic rings. The van der Waals surface area contributed by atoms with E-state index in [1.165, 1.54) is 0 Å². The summed E-state index contributed by atoms with van der Waals surface area (Å²) in [5, 5.41) is 8.71. The second-order valence-electron chi connectivity index (χ2n) is 3.39. The van der Waals surface area contributed by atoms with Crippen molar-refractivity contribution < 1.29 is 28.0 Å². The van der Waals surface area contributed by atoms with E-state index < -0.39 is 18.9 Å². The lowest BCUT2D eigenvalue weighted by molar-refractivity contribution is -0.763. The zero-order valence-corrected chi connectivity index (χ0v) is 9.71. The summed E-state index contributed by atoms with van der Waals surface area (Å²) in [6.45, 7) is -0.436. The van der Waals surface area contributed by atoms with Crippen molar-refractivity contribution in [1.82, 2.24) is 4.90 Å². The molecule has 0 spiro atoms. The van der Waals surface area contributed by atoms with E-state index in [-0.39, 0.29) is 25.8 Å². The largest absolute Gasteiger partial charge is 0.488 e. The zero-order chi connectivity index (χ0) is 12.8. The molecule has 0 radical (unpaired) electrons. The maximum absolute atomic E-state index is 12.5. The fourth-order valence-corrected chi connectivity index (χ4v) is 2.08. The molecule has 0 aliphatic carbocycles. The molecule has 2 aliphatic rings. The number of aliphatic carboxylic acids is 1. The van der Waals surface area contributed by atoms with Gasteiger partial charge in [-0.1, -0.05) is 0 Å². The van der Waals surface area contributed by atoms with Crippen LogP contribution in [0, 0.1) is 0 Å².